The first-order valence-electron chi connectivity index (χ1n) is 5.36. The molecule has 0 aromatic heterocycles. The van der Waals surface area contributed by atoms with E-state index in [0.717, 1.165) is 5.75 Å². The van der Waals surface area contributed by atoms with E-state index in [4.69, 9.17) is 5.73 Å². The zero-order valence-corrected chi connectivity index (χ0v) is 11.3. The van der Waals surface area contributed by atoms with Crippen LogP contribution in [-0.2, 0) is 4.79 Å². The van der Waals surface area contributed by atoms with Gasteiger partial charge in [-0.1, -0.05) is 0 Å². The topological polar surface area (TPSA) is 95.7 Å². The largest absolute Gasteiger partial charge is 0.392 e. The lowest BCUT2D eigenvalue weighted by Crippen LogP contribution is -2.50. The van der Waals surface area contributed by atoms with Gasteiger partial charge in [-0.25, -0.2) is 4.79 Å². The maximum absolute atomic E-state index is 12.0. The molecule has 0 bridgehead atoms. The molecule has 6 nitrogen and oxygen atoms in total. The summed E-state index contributed by atoms with van der Waals surface area (Å²) in [6.45, 7) is 1.83. The predicted molar refractivity (Wildman–Crippen MR) is 68.8 cm³/mol. The molecule has 4 N–H and O–H groups in total. The number of amides is 3. The summed E-state index contributed by atoms with van der Waals surface area (Å²) in [7, 11) is 1.59. The number of hydrogen-bond donors (Lipinski definition) is 3. The van der Waals surface area contributed by atoms with E-state index in [1.165, 1.54) is 4.90 Å². The van der Waals surface area contributed by atoms with Crippen molar-refractivity contribution in [2.75, 3.05) is 25.6 Å². The van der Waals surface area contributed by atoms with Gasteiger partial charge < -0.3 is 21.1 Å². The number of thioether (sulfide) groups is 1. The Hall–Kier alpha value is -0.950. The summed E-state index contributed by atoms with van der Waals surface area (Å²) in [4.78, 5) is 24.2. The van der Waals surface area contributed by atoms with Crippen molar-refractivity contribution < 1.29 is 14.7 Å². The third-order valence-corrected chi connectivity index (χ3v) is 2.78. The van der Waals surface area contributed by atoms with Gasteiger partial charge in [0.25, 0.3) is 0 Å². The van der Waals surface area contributed by atoms with Gasteiger partial charge in [-0.15, -0.1) is 0 Å². The third-order valence-electron chi connectivity index (χ3n) is 2.14. The zero-order valence-electron chi connectivity index (χ0n) is 10.5. The molecule has 0 fully saturated rings. The Kier molecular flexibility index (Phi) is 7.73. The van der Waals surface area contributed by atoms with Crippen LogP contribution >= 0.6 is 11.8 Å². The van der Waals surface area contributed by atoms with Crippen LogP contribution in [0.3, 0.4) is 0 Å². The summed E-state index contributed by atoms with van der Waals surface area (Å²) in [6.07, 6.45) is 1.84. The first-order valence-corrected chi connectivity index (χ1v) is 6.75. The van der Waals surface area contributed by atoms with Gasteiger partial charge in [-0.2, -0.15) is 11.8 Å². The van der Waals surface area contributed by atoms with Crippen LogP contribution in [0.25, 0.3) is 0 Å². The van der Waals surface area contributed by atoms with Gasteiger partial charge in [-0.3, -0.25) is 4.79 Å². The number of aliphatic hydroxyl groups is 1. The average Bonchev–Trinajstić information content (AvgIpc) is 2.21. The number of nitrogens with two attached hydrogens (primary N) is 1. The Bertz CT molecular complexity index is 261. The van der Waals surface area contributed by atoms with Crippen molar-refractivity contribution in [2.24, 2.45) is 5.73 Å². The quantitative estimate of drug-likeness (QED) is 0.583. The highest BCUT2D eigenvalue weighted by atomic mass is 32.2. The van der Waals surface area contributed by atoms with Gasteiger partial charge in [-0.05, 0) is 25.4 Å². The molecule has 17 heavy (non-hydrogen) atoms. The summed E-state index contributed by atoms with van der Waals surface area (Å²) in [5.41, 5.74) is 5.03. The minimum absolute atomic E-state index is 0.231. The molecule has 2 unspecified atom stereocenters. The van der Waals surface area contributed by atoms with Crippen LogP contribution in [0.4, 0.5) is 4.79 Å². The minimum atomic E-state index is -0.713. The van der Waals surface area contributed by atoms with Crippen LogP contribution < -0.4 is 11.1 Å². The van der Waals surface area contributed by atoms with Crippen LogP contribution in [0, 0.1) is 0 Å². The number of nitrogens with one attached hydrogen (secondary N) is 1. The Morgan fingerprint density at radius 1 is 1.53 bits per heavy atom. The van der Waals surface area contributed by atoms with E-state index in [9.17, 15) is 14.7 Å². The molecule has 0 aliphatic heterocycles. The summed E-state index contributed by atoms with van der Waals surface area (Å²) < 4.78 is 0. The van der Waals surface area contributed by atoms with Crippen LogP contribution in [0.1, 0.15) is 13.3 Å². The molecule has 0 aliphatic carbocycles. The fourth-order valence-corrected chi connectivity index (χ4v) is 1.89. The van der Waals surface area contributed by atoms with Crippen LogP contribution in [-0.4, -0.2) is 59.7 Å². The number of likely N-dealkylation sites (N-methyl/N-ethyl adjacent to an activating group) is 1. The van der Waals surface area contributed by atoms with Gasteiger partial charge in [0.2, 0.25) is 5.91 Å². The van der Waals surface area contributed by atoms with E-state index >= 15 is 0 Å². The summed E-state index contributed by atoms with van der Waals surface area (Å²) in [5.74, 6) is 0.512. The molecular formula is C10H21N3O3S. The third kappa shape index (κ3) is 7.06. The highest BCUT2D eigenvalue weighted by molar-refractivity contribution is 7.98. The number of aliphatic hydroxyl groups excluding tert-OH is 1. The molecule has 0 spiro atoms. The Morgan fingerprint density at radius 2 is 2.12 bits per heavy atom. The Balaban J connectivity index is 4.44. The molecule has 0 radical (unpaired) electrons. The van der Waals surface area contributed by atoms with E-state index in [2.05, 4.69) is 5.32 Å². The monoisotopic (exact) mass is 263 g/mol. The SMILES string of the molecule is CSCCC(NC(N)=O)C(=O)N(C)CC(C)O. The molecule has 0 aromatic rings. The van der Waals surface area contributed by atoms with E-state index in [0.29, 0.717) is 6.42 Å². The first kappa shape index (κ1) is 16.1. The van der Waals surface area contributed by atoms with Crippen molar-refractivity contribution in [2.45, 2.75) is 25.5 Å². The highest BCUT2D eigenvalue weighted by Crippen LogP contribution is 2.04. The molecule has 7 heteroatoms. The van der Waals surface area contributed by atoms with Crippen LogP contribution in [0.2, 0.25) is 0 Å². The van der Waals surface area contributed by atoms with E-state index in [1.807, 2.05) is 6.26 Å². The van der Waals surface area contributed by atoms with Crippen molar-refractivity contribution >= 4 is 23.7 Å². The Labute approximate surface area is 106 Å². The van der Waals surface area contributed by atoms with Gasteiger partial charge in [0, 0.05) is 13.6 Å². The van der Waals surface area contributed by atoms with Gasteiger partial charge in [0.1, 0.15) is 6.04 Å². The number of primary amides is 1. The van der Waals surface area contributed by atoms with Gasteiger partial charge in [0.05, 0.1) is 6.10 Å². The molecule has 0 saturated heterocycles. The van der Waals surface area contributed by atoms with Crippen molar-refractivity contribution in [1.82, 2.24) is 10.2 Å². The molecule has 0 saturated carbocycles. The highest BCUT2D eigenvalue weighted by Gasteiger charge is 2.23. The number of nitrogens with zero attached hydrogens (tertiary/aromatic N) is 1. The second-order valence-corrected chi connectivity index (χ2v) is 4.90. The van der Waals surface area contributed by atoms with Crippen molar-refractivity contribution in [3.05, 3.63) is 0 Å². The summed E-state index contributed by atoms with van der Waals surface area (Å²) in [5, 5.41) is 11.6. The normalized spacial score (nSPS) is 13.9. The summed E-state index contributed by atoms with van der Waals surface area (Å²) >= 11 is 1.59. The molecule has 0 aliphatic rings. The second-order valence-electron chi connectivity index (χ2n) is 3.91. The van der Waals surface area contributed by atoms with Crippen molar-refractivity contribution in [1.29, 1.82) is 0 Å². The van der Waals surface area contributed by atoms with Crippen LogP contribution in [0.15, 0.2) is 0 Å². The minimum Gasteiger partial charge on any atom is -0.392 e. The maximum atomic E-state index is 12.0. The second kappa shape index (κ2) is 8.19. The molecule has 3 amide bonds. The summed E-state index contributed by atoms with van der Waals surface area (Å²) in [6, 6.07) is -1.33. The first-order chi connectivity index (χ1) is 7.88. The number of urea groups is 1. The number of hydrogen-bond acceptors (Lipinski definition) is 4. The molecule has 2 atom stereocenters. The average molecular weight is 263 g/mol. The Morgan fingerprint density at radius 3 is 2.53 bits per heavy atom. The van der Waals surface area contributed by atoms with E-state index in [1.54, 1.807) is 25.7 Å². The fraction of sp³-hybridized carbons (Fsp3) is 0.800. The number of rotatable bonds is 7. The lowest BCUT2D eigenvalue weighted by molar-refractivity contribution is -0.133. The molecule has 100 valence electrons. The maximum Gasteiger partial charge on any atom is 0.312 e. The fourth-order valence-electron chi connectivity index (χ4n) is 1.42. The van der Waals surface area contributed by atoms with E-state index in [-0.39, 0.29) is 12.5 Å². The molecule has 0 heterocycles. The molecule has 0 rings (SSSR count). The van der Waals surface area contributed by atoms with Gasteiger partial charge >= 0.3 is 6.03 Å². The zero-order chi connectivity index (χ0) is 13.4. The standard InChI is InChI=1S/C10H21N3O3S/c1-7(14)6-13(2)9(15)8(4-5-17-3)12-10(11)16/h7-8,14H,4-6H2,1-3H3,(H3,11,12,16). The lowest BCUT2D eigenvalue weighted by atomic mass is 10.2. The number of carbonyl (C=O) groups excluding carboxylic acids is 2. The smallest absolute Gasteiger partial charge is 0.312 e. The van der Waals surface area contributed by atoms with E-state index < -0.39 is 18.2 Å². The molecule has 0 aromatic carbocycles. The number of carbonyl (C=O) groups is 2. The van der Waals surface area contributed by atoms with Gasteiger partial charge in [0.15, 0.2) is 0 Å². The van der Waals surface area contributed by atoms with Crippen molar-refractivity contribution in [3.63, 3.8) is 0 Å². The lowest BCUT2D eigenvalue weighted by Gasteiger charge is -2.24. The van der Waals surface area contributed by atoms with Crippen molar-refractivity contribution in [3.8, 4) is 0 Å². The van der Waals surface area contributed by atoms with Crippen LogP contribution in [0.5, 0.6) is 0 Å². The molecular weight excluding hydrogens is 242 g/mol. The predicted octanol–water partition coefficient (Wildman–Crippen LogP) is -0.384.